The molecule has 4 aliphatic rings. The Morgan fingerprint density at radius 2 is 1.65 bits per heavy atom. The molecule has 392 valence electrons. The molecule has 1 amide bonds. The van der Waals surface area contributed by atoms with E-state index in [2.05, 4.69) is 53.0 Å². The summed E-state index contributed by atoms with van der Waals surface area (Å²) >= 11 is 0. The maximum atomic E-state index is 14.6. The molecule has 7 rings (SSSR count). The molecule has 72 heavy (non-hydrogen) atoms. The van der Waals surface area contributed by atoms with Gasteiger partial charge in [-0.1, -0.05) is 74.9 Å². The van der Waals surface area contributed by atoms with Crippen LogP contribution in [0, 0.1) is 29.6 Å². The third-order valence-corrected chi connectivity index (χ3v) is 15.9. The summed E-state index contributed by atoms with van der Waals surface area (Å²) in [5.74, 6) is -7.97. The van der Waals surface area contributed by atoms with Gasteiger partial charge in [-0.3, -0.25) is 14.4 Å². The van der Waals surface area contributed by atoms with Crippen molar-refractivity contribution in [3.63, 3.8) is 0 Å². The second-order valence-electron chi connectivity index (χ2n) is 21.5. The van der Waals surface area contributed by atoms with Gasteiger partial charge in [0.2, 0.25) is 5.79 Å². The number of allylic oxidation sites excluding steroid dienone is 4. The van der Waals surface area contributed by atoms with Crippen LogP contribution in [0.4, 0.5) is 5.69 Å². The molecule has 14 heteroatoms. The number of nitrogens with one attached hydrogen (secondary N) is 1. The topological polar surface area (TPSA) is 186 Å². The summed E-state index contributed by atoms with van der Waals surface area (Å²) < 4.78 is 26.7. The minimum absolute atomic E-state index is 0.00362. The number of ketones is 2. The van der Waals surface area contributed by atoms with Crippen molar-refractivity contribution in [2.75, 3.05) is 26.1 Å². The van der Waals surface area contributed by atoms with Crippen LogP contribution in [0.15, 0.2) is 96.7 Å². The summed E-state index contributed by atoms with van der Waals surface area (Å²) in [6.45, 7) is 14.0. The van der Waals surface area contributed by atoms with Gasteiger partial charge in [0.25, 0.3) is 11.7 Å². The number of methoxy groups -OCH3 is 2. The summed E-state index contributed by atoms with van der Waals surface area (Å²) in [4.78, 5) is 58.8. The number of rotatable bonds is 10. The number of benzene rings is 2. The van der Waals surface area contributed by atoms with Crippen molar-refractivity contribution < 1.29 is 53.4 Å². The van der Waals surface area contributed by atoms with Gasteiger partial charge in [-0.05, 0) is 125 Å². The maximum absolute atomic E-state index is 14.6. The van der Waals surface area contributed by atoms with Gasteiger partial charge < -0.3 is 49.1 Å². The van der Waals surface area contributed by atoms with E-state index >= 15 is 0 Å². The first-order valence-electron chi connectivity index (χ1n) is 26.2. The van der Waals surface area contributed by atoms with Crippen molar-refractivity contribution in [2.24, 2.45) is 29.6 Å². The van der Waals surface area contributed by atoms with E-state index in [0.717, 1.165) is 35.1 Å². The molecule has 3 aromatic rings. The number of hydrogen-bond donors (Lipinski definition) is 4. The molecule has 4 N–H and O–H groups in total. The Kier molecular flexibility index (Phi) is 18.6. The quantitative estimate of drug-likeness (QED) is 0.0871. The van der Waals surface area contributed by atoms with E-state index in [1.807, 2.05) is 57.2 Å². The molecule has 1 aliphatic carbocycles. The molecule has 3 fully saturated rings. The maximum Gasteiger partial charge on any atom is 0.329 e. The third-order valence-electron chi connectivity index (χ3n) is 15.9. The fourth-order valence-electron chi connectivity index (χ4n) is 11.8. The summed E-state index contributed by atoms with van der Waals surface area (Å²) in [6, 6.07) is 17.3. The second-order valence-corrected chi connectivity index (χ2v) is 21.5. The minimum Gasteiger partial charge on any atom is -0.456 e. The zero-order chi connectivity index (χ0) is 51.9. The molecule has 2 bridgehead atoms. The molecule has 1 aromatic heterocycles. The number of anilines is 1. The number of fused-ring (bicyclic) bond motifs is 4. The molecule has 4 heterocycles. The van der Waals surface area contributed by atoms with E-state index < -0.39 is 83.9 Å². The highest BCUT2D eigenvalue weighted by molar-refractivity contribution is 6.39. The van der Waals surface area contributed by atoms with E-state index in [1.54, 1.807) is 19.9 Å². The predicted molar refractivity (Wildman–Crippen MR) is 277 cm³/mol. The van der Waals surface area contributed by atoms with Crippen molar-refractivity contribution in [3.05, 3.63) is 102 Å². The lowest BCUT2D eigenvalue weighted by Crippen LogP contribution is -2.64. The smallest absolute Gasteiger partial charge is 0.329 e. The number of cyclic esters (lactones) is 1. The fraction of sp³-hybridized carbons (Fsp3) is 0.586. The number of hydrogen-bond acceptors (Lipinski definition) is 12. The Bertz CT molecular complexity index is 2430. The first-order valence-corrected chi connectivity index (χ1v) is 26.2. The second kappa shape index (κ2) is 24.4. The number of aromatic nitrogens is 1. The number of amides is 1. The highest BCUT2D eigenvalue weighted by atomic mass is 16.7. The molecular weight excluding hydrogens is 915 g/mol. The van der Waals surface area contributed by atoms with Gasteiger partial charge in [0.05, 0.1) is 30.5 Å². The SMILES string of the molecule is C=CCC1/C=C(\C)CC(C)CC(OC)C2OC(O)(C(=O)C(=O)N3CCCCC3C(=O)OC(C(C)=CC3CCC(Nc4ccc5c(ccn5Cc5ccccc5)c4)C(O)C3)C(C)C(O)CC1=O)C(C)CC2OC. The van der Waals surface area contributed by atoms with Crippen molar-refractivity contribution in [1.29, 1.82) is 0 Å². The fourth-order valence-corrected chi connectivity index (χ4v) is 11.8. The van der Waals surface area contributed by atoms with Crippen molar-refractivity contribution >= 4 is 40.0 Å². The Morgan fingerprint density at radius 3 is 2.36 bits per heavy atom. The Hall–Kier alpha value is -4.96. The van der Waals surface area contributed by atoms with Crippen molar-refractivity contribution in [3.8, 4) is 0 Å². The lowest BCUT2D eigenvalue weighted by Gasteiger charge is -2.47. The summed E-state index contributed by atoms with van der Waals surface area (Å²) in [7, 11) is 3.06. The summed E-state index contributed by atoms with van der Waals surface area (Å²) in [6.07, 6.45) is 7.17. The number of ether oxygens (including phenoxy) is 4. The van der Waals surface area contributed by atoms with Gasteiger partial charge in [0.15, 0.2) is 0 Å². The van der Waals surface area contributed by atoms with Crippen LogP contribution in [0.2, 0.25) is 0 Å². The van der Waals surface area contributed by atoms with Crippen LogP contribution in [0.3, 0.4) is 0 Å². The first kappa shape index (κ1) is 54.8. The Labute approximate surface area is 425 Å². The van der Waals surface area contributed by atoms with E-state index in [4.69, 9.17) is 18.9 Å². The Morgan fingerprint density at radius 1 is 0.917 bits per heavy atom. The van der Waals surface area contributed by atoms with Gasteiger partial charge in [-0.25, -0.2) is 4.79 Å². The number of carbonyl (C=O) groups is 4. The minimum atomic E-state index is -2.53. The molecule has 2 aromatic carbocycles. The largest absolute Gasteiger partial charge is 0.456 e. The zero-order valence-corrected chi connectivity index (χ0v) is 43.4. The number of aliphatic hydroxyl groups excluding tert-OH is 2. The van der Waals surface area contributed by atoms with E-state index in [1.165, 1.54) is 24.7 Å². The van der Waals surface area contributed by atoms with Crippen LogP contribution in [-0.4, -0.2) is 123 Å². The first-order chi connectivity index (χ1) is 34.4. The van der Waals surface area contributed by atoms with E-state index in [-0.39, 0.29) is 49.5 Å². The molecule has 2 saturated heterocycles. The number of carbonyl (C=O) groups excluding carboxylic acids is 4. The average molecular weight is 994 g/mol. The zero-order valence-electron chi connectivity index (χ0n) is 43.4. The summed E-state index contributed by atoms with van der Waals surface area (Å²) in [5, 5.41) is 40.4. The van der Waals surface area contributed by atoms with Crippen LogP contribution in [0.5, 0.6) is 0 Å². The van der Waals surface area contributed by atoms with Crippen LogP contribution in [0.1, 0.15) is 111 Å². The van der Waals surface area contributed by atoms with Crippen molar-refractivity contribution in [1.82, 2.24) is 9.47 Å². The molecule has 1 saturated carbocycles. The molecular formula is C58H79N3O11. The number of aliphatic hydroxyl groups is 3. The number of nitrogens with zero attached hydrogens (tertiary/aromatic N) is 2. The predicted octanol–water partition coefficient (Wildman–Crippen LogP) is 8.11. The number of piperidine rings is 1. The molecule has 14 nitrogen and oxygen atoms in total. The van der Waals surface area contributed by atoms with Gasteiger partial charge in [0.1, 0.15) is 24.0 Å². The average Bonchev–Trinajstić information content (AvgIpc) is 3.76. The molecule has 0 spiro atoms. The number of Topliss-reactive ketones (excluding diaryl/α,β-unsaturated/α-hetero) is 2. The summed E-state index contributed by atoms with van der Waals surface area (Å²) in [5.41, 5.74) is 4.85. The Balaban J connectivity index is 1.14. The van der Waals surface area contributed by atoms with Crippen LogP contribution in [0.25, 0.3) is 10.9 Å². The van der Waals surface area contributed by atoms with Gasteiger partial charge in [-0.15, -0.1) is 6.58 Å². The van der Waals surface area contributed by atoms with Gasteiger partial charge >= 0.3 is 5.97 Å². The van der Waals surface area contributed by atoms with Gasteiger partial charge in [-0.2, -0.15) is 0 Å². The molecule has 0 radical (unpaired) electrons. The van der Waals surface area contributed by atoms with Crippen molar-refractivity contribution in [2.45, 2.75) is 166 Å². The highest BCUT2D eigenvalue weighted by Gasteiger charge is 2.56. The molecule has 3 aliphatic heterocycles. The van der Waals surface area contributed by atoms with Gasteiger partial charge in [0, 0.05) is 74.3 Å². The monoisotopic (exact) mass is 994 g/mol. The standard InChI is InChI=1S/C58H79N3O11/c1-9-15-43-27-35(2)26-36(3)28-51(69-7)54-52(70-8)30-38(5)58(68,72-54)55(65)56(66)61-24-14-13-18-47(61)57(67)71-53(39(6)48(62)33-49(43)63)37(4)29-41-19-21-45(50(64)31-41)59-44-20-22-46-42(32-44)23-25-60(46)34-40-16-11-10-12-17-40/h9-12,16-17,20,22-23,25,27,29,32,36,38-39,41,43,45,47-48,50-54,59,62,64,68H,1,13-15,18-19,21,24,26,28,30-31,33-34H2,2-8H3/b35-27+,37-29?. The van der Waals surface area contributed by atoms with E-state index in [0.29, 0.717) is 50.5 Å². The van der Waals surface area contributed by atoms with Crippen LogP contribution < -0.4 is 5.32 Å². The normalized spacial score (nSPS) is 34.9. The lowest BCUT2D eigenvalue weighted by atomic mass is 9.81. The van der Waals surface area contributed by atoms with Crippen LogP contribution >= 0.6 is 0 Å². The highest BCUT2D eigenvalue weighted by Crippen LogP contribution is 2.40. The molecule has 14 atom stereocenters. The lowest BCUT2D eigenvalue weighted by molar-refractivity contribution is -0.302. The number of esters is 1. The van der Waals surface area contributed by atoms with Crippen LogP contribution in [-0.2, 0) is 44.7 Å². The molecule has 14 unspecified atom stereocenters. The van der Waals surface area contributed by atoms with E-state index in [9.17, 15) is 34.5 Å². The third kappa shape index (κ3) is 12.7.